The maximum atomic E-state index is 11.2. The van der Waals surface area contributed by atoms with Gasteiger partial charge in [0.15, 0.2) is 0 Å². The van der Waals surface area contributed by atoms with Crippen LogP contribution in [0.4, 0.5) is 0 Å². The standard InChI is InChI=1S/C12H24N2O/c1-8-5-6-9(2)10(7-8)14-12(3,4)11(13)15/h8-10,14H,5-7H2,1-4H3,(H2,13,15). The summed E-state index contributed by atoms with van der Waals surface area (Å²) in [5.41, 5.74) is 4.78. The summed E-state index contributed by atoms with van der Waals surface area (Å²) in [6.07, 6.45) is 3.70. The topological polar surface area (TPSA) is 55.1 Å². The highest BCUT2D eigenvalue weighted by atomic mass is 16.1. The molecule has 0 aromatic carbocycles. The highest BCUT2D eigenvalue weighted by Gasteiger charge is 2.33. The van der Waals surface area contributed by atoms with E-state index >= 15 is 0 Å². The molecule has 1 rings (SSSR count). The Labute approximate surface area is 92.8 Å². The smallest absolute Gasteiger partial charge is 0.237 e. The molecule has 0 spiro atoms. The van der Waals surface area contributed by atoms with Gasteiger partial charge in [-0.3, -0.25) is 4.79 Å². The summed E-state index contributed by atoms with van der Waals surface area (Å²) in [7, 11) is 0. The van der Waals surface area contributed by atoms with E-state index in [0.717, 1.165) is 12.3 Å². The van der Waals surface area contributed by atoms with Gasteiger partial charge in [-0.15, -0.1) is 0 Å². The van der Waals surface area contributed by atoms with Crippen molar-refractivity contribution >= 4 is 5.91 Å². The number of carbonyl (C=O) groups excluding carboxylic acids is 1. The second kappa shape index (κ2) is 4.52. The predicted octanol–water partition coefficient (Wildman–Crippen LogP) is 1.66. The Bertz CT molecular complexity index is 238. The lowest BCUT2D eigenvalue weighted by molar-refractivity contribution is -0.123. The van der Waals surface area contributed by atoms with Crippen LogP contribution in [0.25, 0.3) is 0 Å². The van der Waals surface area contributed by atoms with Gasteiger partial charge in [0.25, 0.3) is 0 Å². The van der Waals surface area contributed by atoms with E-state index in [1.165, 1.54) is 12.8 Å². The molecule has 3 unspecified atom stereocenters. The maximum Gasteiger partial charge on any atom is 0.237 e. The molecule has 1 amide bonds. The van der Waals surface area contributed by atoms with Crippen LogP contribution >= 0.6 is 0 Å². The van der Waals surface area contributed by atoms with Crippen molar-refractivity contribution in [3.05, 3.63) is 0 Å². The molecule has 3 atom stereocenters. The largest absolute Gasteiger partial charge is 0.368 e. The number of nitrogens with one attached hydrogen (secondary N) is 1. The fourth-order valence-corrected chi connectivity index (χ4v) is 2.27. The van der Waals surface area contributed by atoms with Crippen LogP contribution in [0.5, 0.6) is 0 Å². The van der Waals surface area contributed by atoms with E-state index < -0.39 is 5.54 Å². The minimum atomic E-state index is -0.587. The van der Waals surface area contributed by atoms with E-state index in [2.05, 4.69) is 19.2 Å². The van der Waals surface area contributed by atoms with Crippen molar-refractivity contribution in [2.75, 3.05) is 0 Å². The average Bonchev–Trinajstić information content (AvgIpc) is 2.10. The van der Waals surface area contributed by atoms with Gasteiger partial charge in [0.2, 0.25) is 5.91 Å². The first-order valence-electron chi connectivity index (χ1n) is 5.90. The number of primary amides is 1. The number of amides is 1. The van der Waals surface area contributed by atoms with Crippen LogP contribution in [-0.2, 0) is 4.79 Å². The molecule has 3 N–H and O–H groups in total. The Kier molecular flexibility index (Phi) is 3.77. The monoisotopic (exact) mass is 212 g/mol. The molecule has 0 aromatic heterocycles. The first-order chi connectivity index (χ1) is 6.83. The van der Waals surface area contributed by atoms with E-state index in [1.807, 2.05) is 13.8 Å². The normalized spacial score (nSPS) is 32.7. The van der Waals surface area contributed by atoms with E-state index in [0.29, 0.717) is 12.0 Å². The van der Waals surface area contributed by atoms with Crippen LogP contribution in [-0.4, -0.2) is 17.5 Å². The van der Waals surface area contributed by atoms with E-state index in [1.54, 1.807) is 0 Å². The van der Waals surface area contributed by atoms with E-state index in [9.17, 15) is 4.79 Å². The second-order valence-corrected chi connectivity index (χ2v) is 5.64. The molecular weight excluding hydrogens is 188 g/mol. The summed E-state index contributed by atoms with van der Waals surface area (Å²) in [5.74, 6) is 1.12. The molecule has 0 radical (unpaired) electrons. The molecule has 88 valence electrons. The lowest BCUT2D eigenvalue weighted by Gasteiger charge is -2.38. The summed E-state index contributed by atoms with van der Waals surface area (Å²) in [5, 5.41) is 3.40. The molecule has 1 aliphatic rings. The van der Waals surface area contributed by atoms with Crippen molar-refractivity contribution in [2.24, 2.45) is 17.6 Å². The van der Waals surface area contributed by atoms with Crippen LogP contribution in [0.1, 0.15) is 47.0 Å². The van der Waals surface area contributed by atoms with Gasteiger partial charge in [0, 0.05) is 6.04 Å². The zero-order chi connectivity index (χ0) is 11.6. The van der Waals surface area contributed by atoms with Crippen molar-refractivity contribution < 1.29 is 4.79 Å². The first kappa shape index (κ1) is 12.5. The van der Waals surface area contributed by atoms with Crippen LogP contribution in [0.3, 0.4) is 0 Å². The van der Waals surface area contributed by atoms with Crippen molar-refractivity contribution in [3.8, 4) is 0 Å². The fraction of sp³-hybridized carbons (Fsp3) is 0.917. The van der Waals surface area contributed by atoms with Crippen LogP contribution in [0.2, 0.25) is 0 Å². The van der Waals surface area contributed by atoms with Gasteiger partial charge in [-0.05, 0) is 38.5 Å². The Morgan fingerprint density at radius 3 is 2.47 bits per heavy atom. The van der Waals surface area contributed by atoms with Gasteiger partial charge in [-0.2, -0.15) is 0 Å². The van der Waals surface area contributed by atoms with Crippen molar-refractivity contribution in [1.29, 1.82) is 0 Å². The zero-order valence-electron chi connectivity index (χ0n) is 10.3. The maximum absolute atomic E-state index is 11.2. The molecule has 15 heavy (non-hydrogen) atoms. The third-order valence-electron chi connectivity index (χ3n) is 3.62. The molecule has 0 heterocycles. The van der Waals surface area contributed by atoms with Gasteiger partial charge in [-0.25, -0.2) is 0 Å². The fourth-order valence-electron chi connectivity index (χ4n) is 2.27. The molecule has 0 bridgehead atoms. The predicted molar refractivity (Wildman–Crippen MR) is 62.4 cm³/mol. The minimum Gasteiger partial charge on any atom is -0.368 e. The molecular formula is C12H24N2O. The van der Waals surface area contributed by atoms with Crippen LogP contribution in [0.15, 0.2) is 0 Å². The Morgan fingerprint density at radius 1 is 1.33 bits per heavy atom. The van der Waals surface area contributed by atoms with Gasteiger partial charge in [0.05, 0.1) is 5.54 Å². The van der Waals surface area contributed by atoms with E-state index in [-0.39, 0.29) is 5.91 Å². The van der Waals surface area contributed by atoms with Crippen LogP contribution in [0, 0.1) is 11.8 Å². The average molecular weight is 212 g/mol. The lowest BCUT2D eigenvalue weighted by atomic mass is 9.79. The Hall–Kier alpha value is -0.570. The van der Waals surface area contributed by atoms with Gasteiger partial charge in [-0.1, -0.05) is 20.3 Å². The second-order valence-electron chi connectivity index (χ2n) is 5.64. The molecule has 0 aliphatic heterocycles. The quantitative estimate of drug-likeness (QED) is 0.747. The SMILES string of the molecule is CC1CCC(C)C(NC(C)(C)C(N)=O)C1. The first-order valence-corrected chi connectivity index (χ1v) is 5.90. The molecule has 0 saturated heterocycles. The van der Waals surface area contributed by atoms with E-state index in [4.69, 9.17) is 5.73 Å². The Balaban J connectivity index is 2.59. The molecule has 0 aromatic rings. The lowest BCUT2D eigenvalue weighted by Crippen LogP contribution is -2.57. The summed E-state index contributed by atoms with van der Waals surface area (Å²) >= 11 is 0. The van der Waals surface area contributed by atoms with Crippen molar-refractivity contribution in [3.63, 3.8) is 0 Å². The number of nitrogens with two attached hydrogens (primary N) is 1. The Morgan fingerprint density at radius 2 is 1.93 bits per heavy atom. The van der Waals surface area contributed by atoms with Gasteiger partial charge in [0.1, 0.15) is 0 Å². The molecule has 1 fully saturated rings. The van der Waals surface area contributed by atoms with Crippen molar-refractivity contribution in [2.45, 2.75) is 58.5 Å². The third-order valence-corrected chi connectivity index (χ3v) is 3.62. The number of rotatable bonds is 3. The number of hydrogen-bond acceptors (Lipinski definition) is 2. The molecule has 3 nitrogen and oxygen atoms in total. The number of carbonyl (C=O) groups is 1. The minimum absolute atomic E-state index is 0.270. The number of hydrogen-bond donors (Lipinski definition) is 2. The highest BCUT2D eigenvalue weighted by molar-refractivity contribution is 5.83. The highest BCUT2D eigenvalue weighted by Crippen LogP contribution is 2.29. The molecule has 1 aliphatic carbocycles. The van der Waals surface area contributed by atoms with Gasteiger partial charge < -0.3 is 11.1 Å². The summed E-state index contributed by atoms with van der Waals surface area (Å²) in [4.78, 5) is 11.2. The zero-order valence-corrected chi connectivity index (χ0v) is 10.3. The molecule has 1 saturated carbocycles. The summed E-state index contributed by atoms with van der Waals surface area (Å²) in [6.45, 7) is 8.25. The van der Waals surface area contributed by atoms with Crippen LogP contribution < -0.4 is 11.1 Å². The third kappa shape index (κ3) is 3.20. The summed E-state index contributed by atoms with van der Waals surface area (Å²) in [6, 6.07) is 0.427. The summed E-state index contributed by atoms with van der Waals surface area (Å²) < 4.78 is 0. The van der Waals surface area contributed by atoms with Gasteiger partial charge >= 0.3 is 0 Å². The molecule has 3 heteroatoms. The van der Waals surface area contributed by atoms with Crippen molar-refractivity contribution in [1.82, 2.24) is 5.32 Å².